The van der Waals surface area contributed by atoms with Crippen molar-refractivity contribution in [3.63, 3.8) is 0 Å². The van der Waals surface area contributed by atoms with Crippen LogP contribution in [0.15, 0.2) is 30.3 Å². The lowest BCUT2D eigenvalue weighted by Crippen LogP contribution is -2.47. The van der Waals surface area contributed by atoms with E-state index in [1.54, 1.807) is 4.90 Å². The van der Waals surface area contributed by atoms with Gasteiger partial charge in [-0.05, 0) is 49.5 Å². The van der Waals surface area contributed by atoms with Crippen molar-refractivity contribution < 1.29 is 9.90 Å². The number of carbonyl (C=O) groups excluding carboxylic acids is 1. The second-order valence-electron chi connectivity index (χ2n) is 7.21. The van der Waals surface area contributed by atoms with Crippen LogP contribution in [0.25, 0.3) is 0 Å². The third-order valence-corrected chi connectivity index (χ3v) is 5.66. The maximum absolute atomic E-state index is 12.6. The Hall–Kier alpha value is -1.55. The Kier molecular flexibility index (Phi) is 5.21. The second kappa shape index (κ2) is 7.35. The van der Waals surface area contributed by atoms with Gasteiger partial charge in [-0.25, -0.2) is 4.79 Å². The highest BCUT2D eigenvalue weighted by Gasteiger charge is 2.42. The molecule has 0 radical (unpaired) electrons. The van der Waals surface area contributed by atoms with Gasteiger partial charge in [0.1, 0.15) is 0 Å². The molecule has 4 heteroatoms. The first-order chi connectivity index (χ1) is 11.2. The van der Waals surface area contributed by atoms with E-state index in [9.17, 15) is 9.90 Å². The fourth-order valence-corrected chi connectivity index (χ4v) is 4.48. The van der Waals surface area contributed by atoms with Crippen LogP contribution in [0.5, 0.6) is 0 Å². The first kappa shape index (κ1) is 16.3. The minimum atomic E-state index is -0.0572. The summed E-state index contributed by atoms with van der Waals surface area (Å²) in [6, 6.07) is 10.1. The monoisotopic (exact) mass is 316 g/mol. The fraction of sp³-hybridized carbons (Fsp3) is 0.632. The summed E-state index contributed by atoms with van der Waals surface area (Å²) in [4.78, 5) is 14.3. The first-order valence-electron chi connectivity index (χ1n) is 8.87. The van der Waals surface area contributed by atoms with Crippen molar-refractivity contribution >= 4 is 6.03 Å². The molecule has 1 aromatic rings. The fourth-order valence-electron chi connectivity index (χ4n) is 4.48. The van der Waals surface area contributed by atoms with E-state index in [2.05, 4.69) is 12.2 Å². The zero-order valence-corrected chi connectivity index (χ0v) is 13.9. The normalized spacial score (nSPS) is 27.0. The van der Waals surface area contributed by atoms with Crippen molar-refractivity contribution in [2.24, 2.45) is 17.8 Å². The Morgan fingerprint density at radius 2 is 2.09 bits per heavy atom. The Morgan fingerprint density at radius 3 is 2.70 bits per heavy atom. The van der Waals surface area contributed by atoms with E-state index in [1.165, 1.54) is 25.7 Å². The highest BCUT2D eigenvalue weighted by molar-refractivity contribution is 5.74. The molecule has 126 valence electrons. The summed E-state index contributed by atoms with van der Waals surface area (Å²) in [5.41, 5.74) is 1.09. The topological polar surface area (TPSA) is 52.6 Å². The molecule has 2 bridgehead atoms. The van der Waals surface area contributed by atoms with Crippen molar-refractivity contribution in [1.29, 1.82) is 0 Å². The van der Waals surface area contributed by atoms with Crippen molar-refractivity contribution in [2.75, 3.05) is 13.2 Å². The van der Waals surface area contributed by atoms with Gasteiger partial charge in [0.2, 0.25) is 0 Å². The zero-order valence-electron chi connectivity index (χ0n) is 13.9. The van der Waals surface area contributed by atoms with E-state index >= 15 is 0 Å². The van der Waals surface area contributed by atoms with E-state index in [-0.39, 0.29) is 18.7 Å². The third kappa shape index (κ3) is 3.86. The zero-order chi connectivity index (χ0) is 16.2. The molecule has 4 unspecified atom stereocenters. The molecule has 2 N–H and O–H groups in total. The average Bonchev–Trinajstić information content (AvgIpc) is 3.18. The lowest BCUT2D eigenvalue weighted by atomic mass is 9.84. The summed E-state index contributed by atoms with van der Waals surface area (Å²) in [5.74, 6) is 2.32. The summed E-state index contributed by atoms with van der Waals surface area (Å²) >= 11 is 0. The van der Waals surface area contributed by atoms with Crippen LogP contribution in [0.2, 0.25) is 0 Å². The molecule has 2 aliphatic rings. The Balaban J connectivity index is 1.57. The maximum atomic E-state index is 12.6. The van der Waals surface area contributed by atoms with E-state index in [0.717, 1.165) is 17.4 Å². The standard InChI is InChI=1S/C19H28N2O2/c1-14(18-12-16-7-8-17(18)11-16)20-19(23)21(9-10-22)13-15-5-3-2-4-6-15/h2-6,14,16-18,22H,7-13H2,1H3,(H,20,23). The summed E-state index contributed by atoms with van der Waals surface area (Å²) in [6.07, 6.45) is 5.34. The van der Waals surface area contributed by atoms with Crippen molar-refractivity contribution in [2.45, 2.75) is 45.2 Å². The van der Waals surface area contributed by atoms with Crippen LogP contribution in [0, 0.1) is 17.8 Å². The Bertz CT molecular complexity index is 519. The average molecular weight is 316 g/mol. The summed E-state index contributed by atoms with van der Waals surface area (Å²) in [6.45, 7) is 3.03. The number of nitrogens with zero attached hydrogens (tertiary/aromatic N) is 1. The van der Waals surface area contributed by atoms with Crippen LogP contribution in [0.4, 0.5) is 4.79 Å². The minimum absolute atomic E-state index is 0.0111. The second-order valence-corrected chi connectivity index (χ2v) is 7.21. The molecule has 0 spiro atoms. The molecule has 2 saturated carbocycles. The highest BCUT2D eigenvalue weighted by atomic mass is 16.3. The number of hydrogen-bond donors (Lipinski definition) is 2. The quantitative estimate of drug-likeness (QED) is 0.847. The smallest absolute Gasteiger partial charge is 0.317 e. The maximum Gasteiger partial charge on any atom is 0.317 e. The Labute approximate surface area is 138 Å². The number of fused-ring (bicyclic) bond motifs is 2. The number of aliphatic hydroxyl groups excluding tert-OH is 1. The largest absolute Gasteiger partial charge is 0.395 e. The first-order valence-corrected chi connectivity index (χ1v) is 8.87. The predicted octanol–water partition coefficient (Wildman–Crippen LogP) is 3.02. The SMILES string of the molecule is CC(NC(=O)N(CCO)Cc1ccccc1)C1CC2CCC1C2. The molecule has 4 atom stereocenters. The number of urea groups is 1. The van der Waals surface area contributed by atoms with Gasteiger partial charge >= 0.3 is 6.03 Å². The summed E-state index contributed by atoms with van der Waals surface area (Å²) < 4.78 is 0. The van der Waals surface area contributed by atoms with Gasteiger partial charge in [0.25, 0.3) is 0 Å². The van der Waals surface area contributed by atoms with Crippen LogP contribution in [0.1, 0.15) is 38.2 Å². The molecular weight excluding hydrogens is 288 g/mol. The molecule has 0 aliphatic heterocycles. The number of nitrogens with one attached hydrogen (secondary N) is 1. The number of rotatable bonds is 6. The van der Waals surface area contributed by atoms with Gasteiger partial charge in [-0.2, -0.15) is 0 Å². The van der Waals surface area contributed by atoms with Crippen LogP contribution < -0.4 is 5.32 Å². The molecule has 4 nitrogen and oxygen atoms in total. The van der Waals surface area contributed by atoms with Gasteiger partial charge in [-0.15, -0.1) is 0 Å². The van der Waals surface area contributed by atoms with E-state index in [0.29, 0.717) is 19.0 Å². The summed E-state index contributed by atoms with van der Waals surface area (Å²) in [7, 11) is 0. The molecule has 2 amide bonds. The van der Waals surface area contributed by atoms with Gasteiger partial charge in [0.15, 0.2) is 0 Å². The van der Waals surface area contributed by atoms with Gasteiger partial charge in [0.05, 0.1) is 6.61 Å². The third-order valence-electron chi connectivity index (χ3n) is 5.66. The molecule has 2 fully saturated rings. The van der Waals surface area contributed by atoms with E-state index in [1.807, 2.05) is 30.3 Å². The molecule has 2 aliphatic carbocycles. The number of carbonyl (C=O) groups is 1. The van der Waals surface area contributed by atoms with Crippen LogP contribution in [0.3, 0.4) is 0 Å². The molecule has 23 heavy (non-hydrogen) atoms. The predicted molar refractivity (Wildman–Crippen MR) is 90.9 cm³/mol. The van der Waals surface area contributed by atoms with Gasteiger partial charge in [-0.3, -0.25) is 0 Å². The van der Waals surface area contributed by atoms with Crippen molar-refractivity contribution in [3.05, 3.63) is 35.9 Å². The number of amides is 2. The molecule has 3 rings (SSSR count). The van der Waals surface area contributed by atoms with Crippen LogP contribution in [-0.2, 0) is 6.54 Å². The van der Waals surface area contributed by atoms with Gasteiger partial charge in [0, 0.05) is 19.1 Å². The number of aliphatic hydroxyl groups is 1. The Morgan fingerprint density at radius 1 is 1.30 bits per heavy atom. The number of benzene rings is 1. The van der Waals surface area contributed by atoms with Crippen LogP contribution in [-0.4, -0.2) is 35.2 Å². The lowest BCUT2D eigenvalue weighted by molar-refractivity contribution is 0.163. The lowest BCUT2D eigenvalue weighted by Gasteiger charge is -2.31. The van der Waals surface area contributed by atoms with E-state index < -0.39 is 0 Å². The molecule has 0 heterocycles. The molecule has 0 saturated heterocycles. The van der Waals surface area contributed by atoms with Crippen molar-refractivity contribution in [1.82, 2.24) is 10.2 Å². The van der Waals surface area contributed by atoms with Crippen LogP contribution >= 0.6 is 0 Å². The molecule has 0 aromatic heterocycles. The van der Waals surface area contributed by atoms with Crippen molar-refractivity contribution in [3.8, 4) is 0 Å². The van der Waals surface area contributed by atoms with Gasteiger partial charge < -0.3 is 15.3 Å². The summed E-state index contributed by atoms with van der Waals surface area (Å²) in [5, 5.41) is 12.5. The van der Waals surface area contributed by atoms with E-state index in [4.69, 9.17) is 0 Å². The minimum Gasteiger partial charge on any atom is -0.395 e. The highest BCUT2D eigenvalue weighted by Crippen LogP contribution is 2.49. The number of hydrogen-bond acceptors (Lipinski definition) is 2. The van der Waals surface area contributed by atoms with Gasteiger partial charge in [-0.1, -0.05) is 36.8 Å². The molecular formula is C19H28N2O2. The molecule has 1 aromatic carbocycles.